The van der Waals surface area contributed by atoms with Crippen molar-refractivity contribution in [3.63, 3.8) is 0 Å². The Morgan fingerprint density at radius 1 is 0.265 bits per heavy atom. The average molecular weight is 623 g/mol. The molecule has 0 atom stereocenters. The Hall–Kier alpha value is -6.44. The average Bonchev–Trinajstić information content (AvgIpc) is 3.55. The molecule has 1 aromatic heterocycles. The zero-order valence-corrected chi connectivity index (χ0v) is 26.7. The van der Waals surface area contributed by atoms with Gasteiger partial charge in [-0.1, -0.05) is 146 Å². The molecule has 0 bridgehead atoms. The van der Waals surface area contributed by atoms with Crippen LogP contribution in [0.3, 0.4) is 0 Å². The second-order valence-corrected chi connectivity index (χ2v) is 12.8. The highest BCUT2D eigenvalue weighted by Crippen LogP contribution is 2.46. The summed E-state index contributed by atoms with van der Waals surface area (Å²) in [5.41, 5.74) is 11.6. The Bertz CT molecular complexity index is 2800. The maximum atomic E-state index is 6.36. The second kappa shape index (κ2) is 11.1. The van der Waals surface area contributed by atoms with Crippen LogP contribution in [-0.2, 0) is 0 Å². The highest BCUT2D eigenvalue weighted by Gasteiger charge is 2.19. The van der Waals surface area contributed by atoms with Gasteiger partial charge in [-0.05, 0) is 113 Å². The Balaban J connectivity index is 1.24. The topological polar surface area (TPSA) is 13.1 Å². The van der Waals surface area contributed by atoms with Crippen LogP contribution < -0.4 is 0 Å². The molecule has 10 aromatic rings. The fourth-order valence-corrected chi connectivity index (χ4v) is 7.81. The molecule has 228 valence electrons. The molecule has 1 heteroatoms. The summed E-state index contributed by atoms with van der Waals surface area (Å²) in [6.07, 6.45) is 0. The molecule has 9 aromatic carbocycles. The zero-order chi connectivity index (χ0) is 32.3. The maximum absolute atomic E-state index is 6.36. The minimum atomic E-state index is 0.911. The van der Waals surface area contributed by atoms with Gasteiger partial charge in [0.25, 0.3) is 0 Å². The lowest BCUT2D eigenvalue weighted by atomic mass is 9.85. The molecule has 0 aliphatic carbocycles. The van der Waals surface area contributed by atoms with Crippen molar-refractivity contribution in [1.29, 1.82) is 0 Å². The molecule has 0 aliphatic heterocycles. The highest BCUT2D eigenvalue weighted by molar-refractivity contribution is 6.22. The Morgan fingerprint density at radius 3 is 1.37 bits per heavy atom. The third-order valence-corrected chi connectivity index (χ3v) is 10.0. The van der Waals surface area contributed by atoms with Crippen LogP contribution in [0.2, 0.25) is 0 Å². The summed E-state index contributed by atoms with van der Waals surface area (Å²) < 4.78 is 6.36. The molecule has 0 aliphatic rings. The minimum Gasteiger partial charge on any atom is -0.456 e. The summed E-state index contributed by atoms with van der Waals surface area (Å²) in [6.45, 7) is 0. The van der Waals surface area contributed by atoms with Crippen molar-refractivity contribution in [3.8, 4) is 44.5 Å². The number of benzene rings is 9. The van der Waals surface area contributed by atoms with E-state index in [1.807, 2.05) is 12.1 Å². The minimum absolute atomic E-state index is 0.911. The number of furan rings is 1. The summed E-state index contributed by atoms with van der Waals surface area (Å²) in [5, 5.41) is 9.71. The molecule has 0 amide bonds. The van der Waals surface area contributed by atoms with Crippen molar-refractivity contribution < 1.29 is 4.42 Å². The number of para-hydroxylation sites is 1. The third kappa shape index (κ3) is 4.47. The fourth-order valence-electron chi connectivity index (χ4n) is 7.81. The first kappa shape index (κ1) is 27.7. The number of hydrogen-bond acceptors (Lipinski definition) is 1. The maximum Gasteiger partial charge on any atom is 0.136 e. The van der Waals surface area contributed by atoms with Gasteiger partial charge in [-0.2, -0.15) is 0 Å². The van der Waals surface area contributed by atoms with E-state index in [9.17, 15) is 0 Å². The molecule has 0 fully saturated rings. The molecular weight excluding hydrogens is 593 g/mol. The lowest BCUT2D eigenvalue weighted by Gasteiger charge is -2.18. The SMILES string of the molecule is c1ccc(-c2cc(-c3ccccc3)c3ccc(-c4c5ccccc5c(-c5ccc6c(c5)oc5ccccc56)c5ccccc45)cc3c2)cc1. The van der Waals surface area contributed by atoms with Crippen molar-refractivity contribution in [2.45, 2.75) is 0 Å². The van der Waals surface area contributed by atoms with Crippen LogP contribution in [0.25, 0.3) is 98.8 Å². The molecule has 0 saturated carbocycles. The van der Waals surface area contributed by atoms with Gasteiger partial charge in [-0.15, -0.1) is 0 Å². The Kier molecular flexibility index (Phi) is 6.25. The Labute approximate surface area is 284 Å². The molecule has 0 radical (unpaired) electrons. The van der Waals surface area contributed by atoms with Gasteiger partial charge in [0.2, 0.25) is 0 Å². The first-order valence-corrected chi connectivity index (χ1v) is 16.8. The first-order chi connectivity index (χ1) is 24.3. The van der Waals surface area contributed by atoms with Gasteiger partial charge < -0.3 is 4.42 Å². The monoisotopic (exact) mass is 622 g/mol. The smallest absolute Gasteiger partial charge is 0.136 e. The van der Waals surface area contributed by atoms with E-state index in [2.05, 4.69) is 170 Å². The third-order valence-electron chi connectivity index (χ3n) is 10.0. The quantitative estimate of drug-likeness (QED) is 0.178. The van der Waals surface area contributed by atoms with E-state index < -0.39 is 0 Å². The predicted molar refractivity (Wildman–Crippen MR) is 208 cm³/mol. The van der Waals surface area contributed by atoms with Crippen molar-refractivity contribution in [3.05, 3.63) is 182 Å². The van der Waals surface area contributed by atoms with Gasteiger partial charge in [-0.3, -0.25) is 0 Å². The molecule has 1 heterocycles. The van der Waals surface area contributed by atoms with Gasteiger partial charge in [0.05, 0.1) is 0 Å². The van der Waals surface area contributed by atoms with E-state index in [-0.39, 0.29) is 0 Å². The molecule has 0 spiro atoms. The molecule has 0 N–H and O–H groups in total. The van der Waals surface area contributed by atoms with E-state index in [1.54, 1.807) is 0 Å². The van der Waals surface area contributed by atoms with Gasteiger partial charge >= 0.3 is 0 Å². The van der Waals surface area contributed by atoms with Crippen LogP contribution in [0.5, 0.6) is 0 Å². The first-order valence-electron chi connectivity index (χ1n) is 16.8. The van der Waals surface area contributed by atoms with Gasteiger partial charge in [0.15, 0.2) is 0 Å². The molecule has 0 saturated heterocycles. The molecule has 1 nitrogen and oxygen atoms in total. The van der Waals surface area contributed by atoms with Crippen LogP contribution in [0.4, 0.5) is 0 Å². The van der Waals surface area contributed by atoms with E-state index >= 15 is 0 Å². The van der Waals surface area contributed by atoms with Crippen LogP contribution >= 0.6 is 0 Å². The zero-order valence-electron chi connectivity index (χ0n) is 26.7. The summed E-state index contributed by atoms with van der Waals surface area (Å²) in [5.74, 6) is 0. The van der Waals surface area contributed by atoms with Crippen molar-refractivity contribution >= 4 is 54.3 Å². The molecular formula is C48H30O. The van der Waals surface area contributed by atoms with E-state index in [1.165, 1.54) is 71.3 Å². The summed E-state index contributed by atoms with van der Waals surface area (Å²) in [6, 6.07) is 65.8. The largest absolute Gasteiger partial charge is 0.456 e. The normalized spacial score (nSPS) is 11.7. The lowest BCUT2D eigenvalue weighted by molar-refractivity contribution is 0.669. The highest BCUT2D eigenvalue weighted by atomic mass is 16.3. The molecule has 0 unspecified atom stereocenters. The van der Waals surface area contributed by atoms with Crippen LogP contribution in [0.15, 0.2) is 186 Å². The van der Waals surface area contributed by atoms with Gasteiger partial charge in [0, 0.05) is 10.8 Å². The van der Waals surface area contributed by atoms with E-state index in [4.69, 9.17) is 4.42 Å². The van der Waals surface area contributed by atoms with E-state index in [0.717, 1.165) is 27.5 Å². The van der Waals surface area contributed by atoms with Crippen molar-refractivity contribution in [2.24, 2.45) is 0 Å². The molecule has 49 heavy (non-hydrogen) atoms. The summed E-state index contributed by atoms with van der Waals surface area (Å²) in [7, 11) is 0. The Morgan fingerprint density at radius 2 is 0.735 bits per heavy atom. The summed E-state index contributed by atoms with van der Waals surface area (Å²) in [4.78, 5) is 0. The second-order valence-electron chi connectivity index (χ2n) is 12.8. The lowest BCUT2D eigenvalue weighted by Crippen LogP contribution is -1.91. The van der Waals surface area contributed by atoms with Crippen molar-refractivity contribution in [1.82, 2.24) is 0 Å². The molecule has 10 rings (SSSR count). The van der Waals surface area contributed by atoms with Gasteiger partial charge in [0.1, 0.15) is 11.2 Å². The van der Waals surface area contributed by atoms with Crippen molar-refractivity contribution in [2.75, 3.05) is 0 Å². The number of rotatable bonds is 4. The van der Waals surface area contributed by atoms with E-state index in [0.29, 0.717) is 0 Å². The van der Waals surface area contributed by atoms with Crippen LogP contribution in [0.1, 0.15) is 0 Å². The predicted octanol–water partition coefficient (Wildman–Crippen LogP) is 13.7. The van der Waals surface area contributed by atoms with Gasteiger partial charge in [-0.25, -0.2) is 0 Å². The van der Waals surface area contributed by atoms with Crippen LogP contribution in [-0.4, -0.2) is 0 Å². The summed E-state index contributed by atoms with van der Waals surface area (Å²) >= 11 is 0. The standard InChI is InChI=1S/C48H30O/c1-3-13-31(14-4-1)35-28-36-27-33(23-25-37(36)44(29-35)32-15-5-2-6-16-32)47-40-18-7-9-20-42(40)48(43-21-10-8-19-41(43)47)34-24-26-39-38-17-11-12-22-45(38)49-46(39)30-34/h1-30H. The number of fused-ring (bicyclic) bond motifs is 6. The fraction of sp³-hybridized carbons (Fsp3) is 0. The van der Waals surface area contributed by atoms with Crippen LogP contribution in [0, 0.1) is 0 Å². The number of hydrogen-bond donors (Lipinski definition) is 0.